The van der Waals surface area contributed by atoms with Gasteiger partial charge in [-0.1, -0.05) is 190 Å². The molecule has 0 amide bonds. The molecule has 0 spiro atoms. The summed E-state index contributed by atoms with van der Waals surface area (Å²) in [4.78, 5) is 5.53. The van der Waals surface area contributed by atoms with Crippen molar-refractivity contribution in [3.05, 3.63) is 221 Å². The Morgan fingerprint density at radius 1 is 0.500 bits per heavy atom. The summed E-state index contributed by atoms with van der Waals surface area (Å²) in [7, 11) is -0.649. The van der Waals surface area contributed by atoms with E-state index in [2.05, 4.69) is 207 Å². The molecule has 8 aromatic rings. The SMILES string of the molecule is CC1(C)c2cc(-c3ccc(P(c4ccccc4)c4ccccc4)cc3)ccc2-c2c1cc1c3c(cccc23)C2=C1NC(c1ccccc1)C(c1ccccc1)=N2. The number of benzene rings is 8. The largest absolute Gasteiger partial charge is 0.370 e. The Labute approximate surface area is 329 Å². The first-order valence-corrected chi connectivity index (χ1v) is 20.8. The van der Waals surface area contributed by atoms with E-state index in [-0.39, 0.29) is 11.5 Å². The Morgan fingerprint density at radius 3 is 1.79 bits per heavy atom. The van der Waals surface area contributed by atoms with Gasteiger partial charge in [-0.15, -0.1) is 0 Å². The summed E-state index contributed by atoms with van der Waals surface area (Å²) in [5, 5.41) is 10.7. The number of nitrogens with one attached hydrogen (secondary N) is 1. The van der Waals surface area contributed by atoms with Gasteiger partial charge in [-0.3, -0.25) is 0 Å². The van der Waals surface area contributed by atoms with Crippen LogP contribution in [0.1, 0.15) is 53.3 Å². The van der Waals surface area contributed by atoms with Crippen LogP contribution in [0.2, 0.25) is 0 Å². The maximum Gasteiger partial charge on any atom is 0.0951 e. The Hall–Kier alpha value is -6.34. The second-order valence-corrected chi connectivity index (χ2v) is 17.8. The van der Waals surface area contributed by atoms with Crippen molar-refractivity contribution in [2.45, 2.75) is 25.3 Å². The molecule has 2 nitrogen and oxygen atoms in total. The summed E-state index contributed by atoms with van der Waals surface area (Å²) in [6.45, 7) is 4.80. The van der Waals surface area contributed by atoms with Gasteiger partial charge in [0.1, 0.15) is 0 Å². The summed E-state index contributed by atoms with van der Waals surface area (Å²) in [6, 6.07) is 69.0. The number of hydrogen-bond acceptors (Lipinski definition) is 2. The molecule has 0 radical (unpaired) electrons. The van der Waals surface area contributed by atoms with Gasteiger partial charge < -0.3 is 5.32 Å². The second kappa shape index (κ2) is 12.9. The third kappa shape index (κ3) is 5.10. The lowest BCUT2D eigenvalue weighted by molar-refractivity contribution is 0.660. The zero-order valence-corrected chi connectivity index (χ0v) is 32.3. The van der Waals surface area contributed by atoms with Gasteiger partial charge in [-0.2, -0.15) is 0 Å². The summed E-state index contributed by atoms with van der Waals surface area (Å²) in [5.74, 6) is 0. The van der Waals surface area contributed by atoms with Crippen molar-refractivity contribution < 1.29 is 0 Å². The van der Waals surface area contributed by atoms with Gasteiger partial charge in [-0.25, -0.2) is 4.99 Å². The van der Waals surface area contributed by atoms with Crippen LogP contribution in [0.25, 0.3) is 44.4 Å². The number of nitrogens with zero attached hydrogens (tertiary/aromatic N) is 1. The number of hydrogen-bond donors (Lipinski definition) is 1. The van der Waals surface area contributed by atoms with Crippen molar-refractivity contribution in [2.24, 2.45) is 4.99 Å². The van der Waals surface area contributed by atoms with E-state index in [9.17, 15) is 0 Å². The van der Waals surface area contributed by atoms with E-state index in [1.54, 1.807) is 0 Å². The van der Waals surface area contributed by atoms with Crippen molar-refractivity contribution in [2.75, 3.05) is 0 Å². The van der Waals surface area contributed by atoms with Gasteiger partial charge in [0, 0.05) is 21.9 Å². The van der Waals surface area contributed by atoms with E-state index in [0.717, 1.165) is 22.7 Å². The van der Waals surface area contributed by atoms with Crippen LogP contribution in [-0.4, -0.2) is 5.71 Å². The zero-order valence-electron chi connectivity index (χ0n) is 31.4. The van der Waals surface area contributed by atoms with Gasteiger partial charge >= 0.3 is 0 Å². The highest BCUT2D eigenvalue weighted by atomic mass is 31.1. The van der Waals surface area contributed by atoms with Crippen molar-refractivity contribution in [1.82, 2.24) is 5.32 Å². The van der Waals surface area contributed by atoms with E-state index in [1.807, 2.05) is 0 Å². The predicted molar refractivity (Wildman–Crippen MR) is 238 cm³/mol. The normalized spacial score (nSPS) is 16.0. The fourth-order valence-corrected chi connectivity index (χ4v) is 11.6. The molecule has 2 aliphatic carbocycles. The van der Waals surface area contributed by atoms with Crippen LogP contribution in [0, 0.1) is 0 Å². The molecule has 266 valence electrons. The van der Waals surface area contributed by atoms with Crippen LogP contribution in [0.15, 0.2) is 193 Å². The highest BCUT2D eigenvalue weighted by molar-refractivity contribution is 7.79. The average molecular weight is 735 g/mol. The minimum atomic E-state index is -0.649. The van der Waals surface area contributed by atoms with Crippen LogP contribution in [0.3, 0.4) is 0 Å². The van der Waals surface area contributed by atoms with Gasteiger partial charge in [0.2, 0.25) is 0 Å². The van der Waals surface area contributed by atoms with Crippen molar-refractivity contribution in [3.8, 4) is 22.3 Å². The van der Waals surface area contributed by atoms with Crippen LogP contribution >= 0.6 is 7.92 Å². The standard InChI is InChI=1S/C53H39N2P/c1-53(2)45-32-37(34-26-29-40(30-27-34)56(38-20-11-5-12-21-38)39-22-13-6-14-23-39)28-31-41(45)48-42-24-15-25-43-47(42)44(33-46(48)53)52-51(43)54-49(35-16-7-3-8-17-35)50(55-52)36-18-9-4-10-19-36/h3-33,50,55H,1-2H3. The second-order valence-electron chi connectivity index (χ2n) is 15.6. The molecule has 56 heavy (non-hydrogen) atoms. The molecule has 3 aliphatic rings. The van der Waals surface area contributed by atoms with Crippen molar-refractivity contribution in [1.29, 1.82) is 0 Å². The zero-order chi connectivity index (χ0) is 37.4. The summed E-state index contributed by atoms with van der Waals surface area (Å²) < 4.78 is 0. The lowest BCUT2D eigenvalue weighted by Gasteiger charge is -2.29. The van der Waals surface area contributed by atoms with Gasteiger partial charge in [-0.05, 0) is 85.9 Å². The molecule has 1 heterocycles. The van der Waals surface area contributed by atoms with E-state index < -0.39 is 7.92 Å². The monoisotopic (exact) mass is 734 g/mol. The Kier molecular flexibility index (Phi) is 7.59. The minimum Gasteiger partial charge on any atom is -0.370 e. The summed E-state index contributed by atoms with van der Waals surface area (Å²) >= 11 is 0. The minimum absolute atomic E-state index is 0.0639. The fourth-order valence-electron chi connectivity index (χ4n) is 9.32. The third-order valence-corrected chi connectivity index (χ3v) is 14.5. The molecule has 11 rings (SSSR count). The van der Waals surface area contributed by atoms with Crippen LogP contribution in [0.5, 0.6) is 0 Å². The van der Waals surface area contributed by atoms with Gasteiger partial charge in [0.05, 0.1) is 23.1 Å². The number of aliphatic imine (C=N–C) groups is 1. The van der Waals surface area contributed by atoms with Gasteiger partial charge in [0.15, 0.2) is 0 Å². The Bertz CT molecular complexity index is 2840. The highest BCUT2D eigenvalue weighted by Gasteiger charge is 2.41. The Morgan fingerprint density at radius 2 is 1.11 bits per heavy atom. The van der Waals surface area contributed by atoms with E-state index in [4.69, 9.17) is 4.99 Å². The first-order valence-electron chi connectivity index (χ1n) is 19.5. The molecule has 1 unspecified atom stereocenters. The lowest BCUT2D eigenvalue weighted by atomic mass is 9.80. The van der Waals surface area contributed by atoms with E-state index >= 15 is 0 Å². The maximum absolute atomic E-state index is 5.53. The van der Waals surface area contributed by atoms with Gasteiger partial charge in [0.25, 0.3) is 0 Å². The van der Waals surface area contributed by atoms with Crippen LogP contribution in [-0.2, 0) is 5.41 Å². The quantitative estimate of drug-likeness (QED) is 0.169. The molecule has 1 N–H and O–H groups in total. The number of fused-ring (bicyclic) bond motifs is 6. The molecular weight excluding hydrogens is 696 g/mol. The maximum atomic E-state index is 5.53. The molecule has 1 atom stereocenters. The fraction of sp³-hybridized carbons (Fsp3) is 0.0755. The molecule has 0 bridgehead atoms. The highest BCUT2D eigenvalue weighted by Crippen LogP contribution is 2.56. The van der Waals surface area contributed by atoms with Crippen molar-refractivity contribution in [3.63, 3.8) is 0 Å². The van der Waals surface area contributed by atoms with E-state index in [1.165, 1.54) is 76.8 Å². The van der Waals surface area contributed by atoms with Crippen LogP contribution < -0.4 is 21.2 Å². The first kappa shape index (κ1) is 33.0. The summed E-state index contributed by atoms with van der Waals surface area (Å²) in [6.07, 6.45) is 0. The third-order valence-electron chi connectivity index (χ3n) is 12.0. The molecule has 8 aromatic carbocycles. The smallest absolute Gasteiger partial charge is 0.0951 e. The molecule has 1 aliphatic heterocycles. The molecule has 0 fully saturated rings. The topological polar surface area (TPSA) is 24.4 Å². The lowest BCUT2D eigenvalue weighted by Crippen LogP contribution is -2.31. The first-order chi connectivity index (χ1) is 27.5. The number of rotatable bonds is 6. The van der Waals surface area contributed by atoms with E-state index in [0.29, 0.717) is 0 Å². The summed E-state index contributed by atoms with van der Waals surface area (Å²) in [5.41, 5.74) is 15.8. The molecule has 0 aromatic heterocycles. The van der Waals surface area contributed by atoms with Crippen molar-refractivity contribution >= 4 is 51.7 Å². The predicted octanol–water partition coefficient (Wildman–Crippen LogP) is 11.5. The Balaban J connectivity index is 1.000. The molecule has 0 saturated carbocycles. The molecule has 0 saturated heterocycles. The van der Waals surface area contributed by atoms with Crippen LogP contribution in [0.4, 0.5) is 0 Å². The molecule has 3 heteroatoms. The molecular formula is C53H39N2P. The average Bonchev–Trinajstić information content (AvgIpc) is 3.70.